The van der Waals surface area contributed by atoms with E-state index in [9.17, 15) is 13.2 Å². The topological polar surface area (TPSA) is 18.5 Å². The summed E-state index contributed by atoms with van der Waals surface area (Å²) in [4.78, 5) is 0. The Morgan fingerprint density at radius 2 is 1.45 bits per heavy atom. The molecule has 2 nitrogen and oxygen atoms in total. The average Bonchev–Trinajstić information content (AvgIpc) is 2.69. The molecule has 1 atom stereocenters. The van der Waals surface area contributed by atoms with Gasteiger partial charge in [-0.2, -0.15) is 0 Å². The zero-order chi connectivity index (χ0) is 20.7. The summed E-state index contributed by atoms with van der Waals surface area (Å²) in [6.45, 7) is 3.69. The average molecular weight is 396 g/mol. The van der Waals surface area contributed by atoms with Gasteiger partial charge in [-0.25, -0.2) is 0 Å². The Morgan fingerprint density at radius 3 is 2.10 bits per heavy atom. The van der Waals surface area contributed by atoms with Crippen LogP contribution in [0, 0.1) is 0 Å². The molecule has 0 spiro atoms. The lowest BCUT2D eigenvalue weighted by Crippen LogP contribution is -2.17. The van der Waals surface area contributed by atoms with E-state index >= 15 is 0 Å². The first kappa shape index (κ1) is 20.3. The van der Waals surface area contributed by atoms with E-state index in [1.807, 2.05) is 60.7 Å². The van der Waals surface area contributed by atoms with Gasteiger partial charge in [-0.05, 0) is 47.5 Å². The molecule has 3 aromatic rings. The summed E-state index contributed by atoms with van der Waals surface area (Å²) in [5.41, 5.74) is 1.75. The van der Waals surface area contributed by atoms with E-state index in [1.54, 1.807) is 24.3 Å². The number of benzene rings is 3. The summed E-state index contributed by atoms with van der Waals surface area (Å²) >= 11 is 0. The van der Waals surface area contributed by atoms with Crippen LogP contribution in [0.3, 0.4) is 0 Å². The maximum Gasteiger partial charge on any atom is 0.573 e. The first-order chi connectivity index (χ1) is 13.9. The number of rotatable bonds is 7. The molecule has 0 aliphatic heterocycles. The molecule has 0 aromatic heterocycles. The van der Waals surface area contributed by atoms with E-state index in [0.29, 0.717) is 5.75 Å². The highest BCUT2D eigenvalue weighted by atomic mass is 19.4. The number of hydrogen-bond acceptors (Lipinski definition) is 2. The number of halogens is 3. The quantitative estimate of drug-likeness (QED) is 0.392. The molecular weight excluding hydrogens is 377 g/mol. The third kappa shape index (κ3) is 6.01. The Bertz CT molecular complexity index is 961. The van der Waals surface area contributed by atoms with Crippen LogP contribution in [0.15, 0.2) is 104 Å². The standard InChI is InChI=1S/C24H19F3O2/c1-2-3-12-23(18-13-15-21(16-14-18)29-24(25,26)27)19-8-7-11-22(17-19)28-20-9-5-4-6-10-20/h2-17,23H,1H2. The first-order valence-corrected chi connectivity index (χ1v) is 8.92. The second-order valence-corrected chi connectivity index (χ2v) is 6.20. The number of alkyl halides is 3. The highest BCUT2D eigenvalue weighted by Gasteiger charge is 2.31. The summed E-state index contributed by atoms with van der Waals surface area (Å²) in [5.74, 6) is 0.945. The van der Waals surface area contributed by atoms with Crippen molar-refractivity contribution in [3.63, 3.8) is 0 Å². The molecule has 3 rings (SSSR count). The minimum atomic E-state index is -4.72. The summed E-state index contributed by atoms with van der Waals surface area (Å²) in [6, 6.07) is 22.8. The summed E-state index contributed by atoms with van der Waals surface area (Å²) < 4.78 is 47.0. The van der Waals surface area contributed by atoms with Crippen LogP contribution in [-0.2, 0) is 0 Å². The van der Waals surface area contributed by atoms with Crippen molar-refractivity contribution in [3.8, 4) is 17.2 Å². The molecule has 5 heteroatoms. The molecule has 0 bridgehead atoms. The van der Waals surface area contributed by atoms with Crippen molar-refractivity contribution in [1.82, 2.24) is 0 Å². The van der Waals surface area contributed by atoms with Crippen LogP contribution in [0.5, 0.6) is 17.2 Å². The van der Waals surface area contributed by atoms with Crippen molar-refractivity contribution in [2.24, 2.45) is 0 Å². The van der Waals surface area contributed by atoms with Crippen molar-refractivity contribution < 1.29 is 22.6 Å². The van der Waals surface area contributed by atoms with E-state index in [4.69, 9.17) is 4.74 Å². The van der Waals surface area contributed by atoms with Gasteiger partial charge in [0, 0.05) is 5.92 Å². The summed E-state index contributed by atoms with van der Waals surface area (Å²) in [5, 5.41) is 0. The first-order valence-electron chi connectivity index (χ1n) is 8.92. The zero-order valence-corrected chi connectivity index (χ0v) is 15.5. The SMILES string of the molecule is C=CC=CC(c1ccc(OC(F)(F)F)cc1)c1cccc(Oc2ccccc2)c1. The van der Waals surface area contributed by atoms with E-state index in [2.05, 4.69) is 11.3 Å². The number of allylic oxidation sites excluding steroid dienone is 3. The highest BCUT2D eigenvalue weighted by molar-refractivity contribution is 5.43. The Kier molecular flexibility index (Phi) is 6.39. The lowest BCUT2D eigenvalue weighted by atomic mass is 9.90. The van der Waals surface area contributed by atoms with Crippen molar-refractivity contribution in [1.29, 1.82) is 0 Å². The Balaban J connectivity index is 1.88. The van der Waals surface area contributed by atoms with Gasteiger partial charge < -0.3 is 9.47 Å². The van der Waals surface area contributed by atoms with E-state index in [1.165, 1.54) is 12.1 Å². The fraction of sp³-hybridized carbons (Fsp3) is 0.0833. The van der Waals surface area contributed by atoms with Gasteiger partial charge in [0.1, 0.15) is 17.2 Å². The fourth-order valence-corrected chi connectivity index (χ4v) is 2.88. The molecule has 29 heavy (non-hydrogen) atoms. The van der Waals surface area contributed by atoms with Crippen LogP contribution < -0.4 is 9.47 Å². The third-order valence-corrected chi connectivity index (χ3v) is 4.11. The van der Waals surface area contributed by atoms with Gasteiger partial charge in [-0.1, -0.05) is 67.3 Å². The molecule has 0 radical (unpaired) electrons. The van der Waals surface area contributed by atoms with Gasteiger partial charge in [-0.3, -0.25) is 0 Å². The zero-order valence-electron chi connectivity index (χ0n) is 15.5. The minimum Gasteiger partial charge on any atom is -0.457 e. The van der Waals surface area contributed by atoms with Crippen molar-refractivity contribution >= 4 is 0 Å². The number of ether oxygens (including phenoxy) is 2. The minimum absolute atomic E-state index is 0.188. The Labute approximate surface area is 167 Å². The molecule has 0 aliphatic carbocycles. The molecule has 0 saturated heterocycles. The normalized spacial score (nSPS) is 12.5. The number of hydrogen-bond donors (Lipinski definition) is 0. The van der Waals surface area contributed by atoms with Crippen LogP contribution in [0.1, 0.15) is 17.0 Å². The second-order valence-electron chi connectivity index (χ2n) is 6.20. The molecule has 1 unspecified atom stereocenters. The van der Waals surface area contributed by atoms with Crippen molar-refractivity contribution in [2.75, 3.05) is 0 Å². The summed E-state index contributed by atoms with van der Waals surface area (Å²) in [6.07, 6.45) is 0.662. The van der Waals surface area contributed by atoms with E-state index in [-0.39, 0.29) is 11.7 Å². The maximum absolute atomic E-state index is 12.4. The molecule has 3 aromatic carbocycles. The molecule has 0 amide bonds. The van der Waals surface area contributed by atoms with Crippen LogP contribution in [-0.4, -0.2) is 6.36 Å². The Morgan fingerprint density at radius 1 is 0.759 bits per heavy atom. The molecule has 0 heterocycles. The van der Waals surface area contributed by atoms with Gasteiger partial charge in [0.05, 0.1) is 0 Å². The molecule has 0 saturated carbocycles. The van der Waals surface area contributed by atoms with Gasteiger partial charge in [0.2, 0.25) is 0 Å². The van der Waals surface area contributed by atoms with Crippen LogP contribution in [0.25, 0.3) is 0 Å². The lowest BCUT2D eigenvalue weighted by Gasteiger charge is -2.16. The monoisotopic (exact) mass is 396 g/mol. The van der Waals surface area contributed by atoms with Crippen molar-refractivity contribution in [3.05, 3.63) is 115 Å². The highest BCUT2D eigenvalue weighted by Crippen LogP contribution is 2.32. The predicted molar refractivity (Wildman–Crippen MR) is 107 cm³/mol. The van der Waals surface area contributed by atoms with Gasteiger partial charge >= 0.3 is 6.36 Å². The molecule has 0 N–H and O–H groups in total. The number of para-hydroxylation sites is 1. The van der Waals surface area contributed by atoms with E-state index in [0.717, 1.165) is 16.9 Å². The molecular formula is C24H19F3O2. The van der Waals surface area contributed by atoms with Crippen LogP contribution in [0.2, 0.25) is 0 Å². The maximum atomic E-state index is 12.4. The van der Waals surface area contributed by atoms with Crippen molar-refractivity contribution in [2.45, 2.75) is 12.3 Å². The molecule has 0 aliphatic rings. The Hall–Kier alpha value is -3.47. The molecule has 0 fully saturated rings. The van der Waals surface area contributed by atoms with Gasteiger partial charge in [0.25, 0.3) is 0 Å². The lowest BCUT2D eigenvalue weighted by molar-refractivity contribution is -0.274. The van der Waals surface area contributed by atoms with Gasteiger partial charge in [0.15, 0.2) is 0 Å². The van der Waals surface area contributed by atoms with Crippen LogP contribution >= 0.6 is 0 Å². The molecule has 148 valence electrons. The third-order valence-electron chi connectivity index (χ3n) is 4.11. The van der Waals surface area contributed by atoms with E-state index < -0.39 is 6.36 Å². The predicted octanol–water partition coefficient (Wildman–Crippen LogP) is 7.25. The second kappa shape index (κ2) is 9.15. The fourth-order valence-electron chi connectivity index (χ4n) is 2.88. The largest absolute Gasteiger partial charge is 0.573 e. The summed E-state index contributed by atoms with van der Waals surface area (Å²) in [7, 11) is 0. The van der Waals surface area contributed by atoms with Crippen LogP contribution in [0.4, 0.5) is 13.2 Å². The van der Waals surface area contributed by atoms with Gasteiger partial charge in [-0.15, -0.1) is 13.2 Å². The smallest absolute Gasteiger partial charge is 0.457 e.